The van der Waals surface area contributed by atoms with E-state index in [1.54, 1.807) is 14.1 Å². The molecule has 2 aromatic heterocycles. The zero-order valence-corrected chi connectivity index (χ0v) is 14.1. The van der Waals surface area contributed by atoms with Crippen LogP contribution in [-0.4, -0.2) is 50.5 Å². The van der Waals surface area contributed by atoms with Gasteiger partial charge in [-0.25, -0.2) is 9.97 Å². The van der Waals surface area contributed by atoms with E-state index >= 15 is 0 Å². The van der Waals surface area contributed by atoms with Crippen LogP contribution in [0.4, 0.5) is 11.6 Å². The fourth-order valence-electron chi connectivity index (χ4n) is 2.07. The standard InChI is InChI=1S/C14H19N7O4/c1-20-6-8(15)17-12(20)14(24)19-9-7-21(2)11(18-9)13(23)16-5-4-10(22)25-3/h6-7H,4-5,15H2,1-3H3,(H,16,23)(H,19,24). The zero-order valence-electron chi connectivity index (χ0n) is 14.1. The number of hydrogen-bond acceptors (Lipinski definition) is 7. The summed E-state index contributed by atoms with van der Waals surface area (Å²) < 4.78 is 7.42. The van der Waals surface area contributed by atoms with Gasteiger partial charge in [-0.05, 0) is 0 Å². The number of amides is 2. The number of nitrogens with one attached hydrogen (secondary N) is 2. The van der Waals surface area contributed by atoms with Gasteiger partial charge in [-0.3, -0.25) is 14.4 Å². The van der Waals surface area contributed by atoms with Crippen molar-refractivity contribution in [3.05, 3.63) is 24.0 Å². The van der Waals surface area contributed by atoms with Gasteiger partial charge in [0.25, 0.3) is 11.8 Å². The number of esters is 1. The van der Waals surface area contributed by atoms with E-state index in [4.69, 9.17) is 5.73 Å². The first-order chi connectivity index (χ1) is 11.8. The van der Waals surface area contributed by atoms with Gasteiger partial charge in [0.2, 0.25) is 11.6 Å². The minimum Gasteiger partial charge on any atom is -0.469 e. The van der Waals surface area contributed by atoms with Crippen molar-refractivity contribution in [1.82, 2.24) is 24.4 Å². The molecule has 25 heavy (non-hydrogen) atoms. The second kappa shape index (κ2) is 7.47. The molecule has 2 rings (SSSR count). The normalized spacial score (nSPS) is 10.4. The Kier molecular flexibility index (Phi) is 5.37. The van der Waals surface area contributed by atoms with E-state index in [-0.39, 0.29) is 36.3 Å². The van der Waals surface area contributed by atoms with Crippen molar-refractivity contribution in [2.75, 3.05) is 24.7 Å². The van der Waals surface area contributed by atoms with Gasteiger partial charge in [0, 0.05) is 33.0 Å². The summed E-state index contributed by atoms with van der Waals surface area (Å²) in [6.45, 7) is 0.118. The van der Waals surface area contributed by atoms with Crippen LogP contribution in [0.1, 0.15) is 27.7 Å². The van der Waals surface area contributed by atoms with Crippen LogP contribution in [-0.2, 0) is 23.6 Å². The molecule has 0 saturated carbocycles. The first-order valence-electron chi connectivity index (χ1n) is 7.30. The van der Waals surface area contributed by atoms with Crippen LogP contribution in [0, 0.1) is 0 Å². The maximum atomic E-state index is 12.2. The van der Waals surface area contributed by atoms with Crippen molar-refractivity contribution in [3.8, 4) is 0 Å². The third-order valence-electron chi connectivity index (χ3n) is 3.26. The number of aryl methyl sites for hydroxylation is 2. The Morgan fingerprint density at radius 3 is 2.36 bits per heavy atom. The lowest BCUT2D eigenvalue weighted by molar-refractivity contribution is -0.140. The third kappa shape index (κ3) is 4.34. The molecule has 0 fully saturated rings. The highest BCUT2D eigenvalue weighted by atomic mass is 16.5. The van der Waals surface area contributed by atoms with E-state index in [1.165, 1.54) is 28.6 Å². The molecule has 0 radical (unpaired) electrons. The topological polar surface area (TPSA) is 146 Å². The van der Waals surface area contributed by atoms with Crippen LogP contribution in [0.15, 0.2) is 12.4 Å². The van der Waals surface area contributed by atoms with Gasteiger partial charge >= 0.3 is 5.97 Å². The van der Waals surface area contributed by atoms with Crippen molar-refractivity contribution in [1.29, 1.82) is 0 Å². The number of anilines is 2. The number of nitrogens with two attached hydrogens (primary N) is 1. The molecule has 11 heteroatoms. The van der Waals surface area contributed by atoms with Crippen LogP contribution in [0.2, 0.25) is 0 Å². The molecule has 0 unspecified atom stereocenters. The van der Waals surface area contributed by atoms with Gasteiger partial charge in [-0.1, -0.05) is 0 Å². The lowest BCUT2D eigenvalue weighted by atomic mass is 10.4. The molecule has 0 bridgehead atoms. The van der Waals surface area contributed by atoms with Gasteiger partial charge in [0.05, 0.1) is 13.5 Å². The predicted molar refractivity (Wildman–Crippen MR) is 87.7 cm³/mol. The highest BCUT2D eigenvalue weighted by Gasteiger charge is 2.18. The fraction of sp³-hybridized carbons (Fsp3) is 0.357. The summed E-state index contributed by atoms with van der Waals surface area (Å²) in [6, 6.07) is 0. The predicted octanol–water partition coefficient (Wildman–Crippen LogP) is -0.719. The largest absolute Gasteiger partial charge is 0.469 e. The molecule has 0 aliphatic carbocycles. The number of carbonyl (C=O) groups is 3. The summed E-state index contributed by atoms with van der Waals surface area (Å²) in [6.07, 6.45) is 3.05. The lowest BCUT2D eigenvalue weighted by Gasteiger charge is -2.03. The summed E-state index contributed by atoms with van der Waals surface area (Å²) >= 11 is 0. The Morgan fingerprint density at radius 1 is 1.12 bits per heavy atom. The first kappa shape index (κ1) is 18.0. The molecule has 0 spiro atoms. The minimum atomic E-state index is -0.505. The number of imidazole rings is 2. The monoisotopic (exact) mass is 349 g/mol. The second-order valence-corrected chi connectivity index (χ2v) is 5.20. The maximum Gasteiger partial charge on any atom is 0.307 e. The van der Waals surface area contributed by atoms with Crippen LogP contribution < -0.4 is 16.4 Å². The first-order valence-corrected chi connectivity index (χ1v) is 7.30. The lowest BCUT2D eigenvalue weighted by Crippen LogP contribution is -2.28. The minimum absolute atomic E-state index is 0.0524. The molecule has 134 valence electrons. The van der Waals surface area contributed by atoms with Gasteiger partial charge in [0.15, 0.2) is 5.82 Å². The van der Waals surface area contributed by atoms with Gasteiger partial charge in [-0.2, -0.15) is 0 Å². The van der Waals surface area contributed by atoms with Crippen molar-refractivity contribution >= 4 is 29.4 Å². The average molecular weight is 349 g/mol. The summed E-state index contributed by atoms with van der Waals surface area (Å²) in [4.78, 5) is 43.2. The Balaban J connectivity index is 2.01. The van der Waals surface area contributed by atoms with Crippen LogP contribution in [0.25, 0.3) is 0 Å². The third-order valence-corrected chi connectivity index (χ3v) is 3.26. The van der Waals surface area contributed by atoms with E-state index in [0.29, 0.717) is 0 Å². The van der Waals surface area contributed by atoms with E-state index in [0.717, 1.165) is 0 Å². The van der Waals surface area contributed by atoms with E-state index < -0.39 is 17.8 Å². The number of methoxy groups -OCH3 is 1. The molecular weight excluding hydrogens is 330 g/mol. The number of hydrogen-bond donors (Lipinski definition) is 3. The van der Waals surface area contributed by atoms with E-state index in [1.807, 2.05) is 0 Å². The molecule has 4 N–H and O–H groups in total. The number of carbonyl (C=O) groups excluding carboxylic acids is 3. The summed E-state index contributed by atoms with van der Waals surface area (Å²) in [7, 11) is 4.51. The summed E-state index contributed by atoms with van der Waals surface area (Å²) in [5, 5.41) is 5.10. The van der Waals surface area contributed by atoms with Crippen molar-refractivity contribution in [3.63, 3.8) is 0 Å². The van der Waals surface area contributed by atoms with E-state index in [9.17, 15) is 14.4 Å². The maximum absolute atomic E-state index is 12.2. The molecule has 2 aromatic rings. The summed E-state index contributed by atoms with van der Waals surface area (Å²) in [5.74, 6) is -0.802. The quantitative estimate of drug-likeness (QED) is 0.583. The number of aromatic nitrogens is 4. The Labute approximate surface area is 143 Å². The Bertz CT molecular complexity index is 808. The SMILES string of the molecule is COC(=O)CCNC(=O)c1nc(NC(=O)c2nc(N)cn2C)cn1C. The smallest absolute Gasteiger partial charge is 0.307 e. The molecule has 0 saturated heterocycles. The van der Waals surface area contributed by atoms with Crippen molar-refractivity contribution in [2.45, 2.75) is 6.42 Å². The van der Waals surface area contributed by atoms with Crippen LogP contribution >= 0.6 is 0 Å². The zero-order chi connectivity index (χ0) is 18.6. The van der Waals surface area contributed by atoms with Gasteiger partial charge < -0.3 is 30.2 Å². The highest BCUT2D eigenvalue weighted by molar-refractivity contribution is 6.02. The van der Waals surface area contributed by atoms with Crippen molar-refractivity contribution in [2.24, 2.45) is 14.1 Å². The Hall–Kier alpha value is -3.37. The molecule has 0 aliphatic heterocycles. The molecule has 0 aromatic carbocycles. The molecule has 0 atom stereocenters. The van der Waals surface area contributed by atoms with Gasteiger partial charge in [0.1, 0.15) is 5.82 Å². The molecule has 2 amide bonds. The van der Waals surface area contributed by atoms with Crippen LogP contribution in [0.5, 0.6) is 0 Å². The molecule has 11 nitrogen and oxygen atoms in total. The molecule has 2 heterocycles. The number of nitrogens with zero attached hydrogens (tertiary/aromatic N) is 4. The highest BCUT2D eigenvalue weighted by Crippen LogP contribution is 2.10. The number of nitrogen functional groups attached to an aromatic ring is 1. The van der Waals surface area contributed by atoms with Crippen LogP contribution in [0.3, 0.4) is 0 Å². The molecular formula is C14H19N7O4. The average Bonchev–Trinajstić information content (AvgIpc) is 3.08. The van der Waals surface area contributed by atoms with Crippen molar-refractivity contribution < 1.29 is 19.1 Å². The number of ether oxygens (including phenoxy) is 1. The number of rotatable bonds is 6. The summed E-state index contributed by atoms with van der Waals surface area (Å²) in [5.41, 5.74) is 5.54. The second-order valence-electron chi connectivity index (χ2n) is 5.20. The molecule has 0 aliphatic rings. The Morgan fingerprint density at radius 2 is 1.76 bits per heavy atom. The van der Waals surface area contributed by atoms with E-state index in [2.05, 4.69) is 25.3 Å². The van der Waals surface area contributed by atoms with Gasteiger partial charge in [-0.15, -0.1) is 0 Å². The fourth-order valence-corrected chi connectivity index (χ4v) is 2.07.